The number of carbonyl (C=O) groups excluding carboxylic acids is 1. The molecule has 1 fully saturated rings. The van der Waals surface area contributed by atoms with Crippen molar-refractivity contribution in [2.24, 2.45) is 0 Å². The summed E-state index contributed by atoms with van der Waals surface area (Å²) in [6.45, 7) is 4.51. The number of aromatic nitrogens is 2. The number of piperidine rings is 1. The Bertz CT molecular complexity index is 899. The first kappa shape index (κ1) is 20.3. The van der Waals surface area contributed by atoms with Gasteiger partial charge in [-0.15, -0.1) is 5.10 Å². The zero-order chi connectivity index (χ0) is 20.1. The Morgan fingerprint density at radius 3 is 2.64 bits per heavy atom. The second kappa shape index (κ2) is 8.68. The van der Waals surface area contributed by atoms with Gasteiger partial charge >= 0.3 is 0 Å². The second-order valence-corrected chi connectivity index (χ2v) is 9.70. The van der Waals surface area contributed by atoms with Gasteiger partial charge in [0.05, 0.1) is 23.1 Å². The fraction of sp³-hybridized carbons (Fsp3) is 0.450. The number of hydrogen-bond acceptors (Lipinski definition) is 6. The third-order valence-corrected chi connectivity index (χ3v) is 6.96. The Labute approximate surface area is 165 Å². The highest BCUT2D eigenvalue weighted by atomic mass is 32.2. The number of nitrogens with zero attached hydrogens (tertiary/aromatic N) is 3. The largest absolute Gasteiger partial charge is 0.471 e. The van der Waals surface area contributed by atoms with E-state index in [1.165, 1.54) is 0 Å². The topological polar surface area (TPSA) is 89.5 Å². The van der Waals surface area contributed by atoms with Crippen molar-refractivity contribution in [1.29, 1.82) is 0 Å². The first-order valence-corrected chi connectivity index (χ1v) is 11.0. The van der Waals surface area contributed by atoms with E-state index in [1.54, 1.807) is 61.3 Å². The molecule has 3 rings (SSSR count). The Balaban J connectivity index is 1.59. The third-order valence-electron chi connectivity index (χ3n) is 4.79. The average molecular weight is 404 g/mol. The molecule has 0 radical (unpaired) electrons. The highest BCUT2D eigenvalue weighted by Gasteiger charge is 2.25. The van der Waals surface area contributed by atoms with Gasteiger partial charge in [0.15, 0.2) is 9.84 Å². The van der Waals surface area contributed by atoms with E-state index in [0.717, 1.165) is 18.4 Å². The van der Waals surface area contributed by atoms with Crippen LogP contribution in [0, 0.1) is 0 Å². The van der Waals surface area contributed by atoms with E-state index >= 15 is 0 Å². The molecule has 8 heteroatoms. The van der Waals surface area contributed by atoms with Gasteiger partial charge in [-0.05, 0) is 50.5 Å². The molecule has 2 heterocycles. The van der Waals surface area contributed by atoms with E-state index in [4.69, 9.17) is 4.74 Å². The molecule has 1 aromatic carbocycles. The van der Waals surface area contributed by atoms with E-state index in [1.807, 2.05) is 0 Å². The summed E-state index contributed by atoms with van der Waals surface area (Å²) in [5.41, 5.74) is 0.796. The monoisotopic (exact) mass is 403 g/mol. The summed E-state index contributed by atoms with van der Waals surface area (Å²) in [5.74, 6) is 0.468. The number of rotatable bonds is 6. The summed E-state index contributed by atoms with van der Waals surface area (Å²) in [6, 6.07) is 10.1. The molecule has 0 saturated carbocycles. The van der Waals surface area contributed by atoms with Crippen molar-refractivity contribution >= 4 is 15.7 Å². The fourth-order valence-corrected chi connectivity index (χ4v) is 4.20. The minimum absolute atomic E-state index is 0.00640. The molecule has 1 saturated heterocycles. The highest BCUT2D eigenvalue weighted by Crippen LogP contribution is 2.19. The van der Waals surface area contributed by atoms with Crippen molar-refractivity contribution in [3.8, 4) is 5.88 Å². The van der Waals surface area contributed by atoms with Crippen LogP contribution in [0.3, 0.4) is 0 Å². The average Bonchev–Trinajstić information content (AvgIpc) is 2.69. The van der Waals surface area contributed by atoms with Crippen molar-refractivity contribution in [2.75, 3.05) is 13.1 Å². The van der Waals surface area contributed by atoms with Crippen molar-refractivity contribution < 1.29 is 17.9 Å². The summed E-state index contributed by atoms with van der Waals surface area (Å²) < 4.78 is 30.2. The second-order valence-electron chi connectivity index (χ2n) is 7.20. The lowest BCUT2D eigenvalue weighted by Crippen LogP contribution is -2.45. The minimum atomic E-state index is -3.30. The number of likely N-dealkylation sites (tertiary alicyclic amines) is 1. The van der Waals surface area contributed by atoms with Crippen LogP contribution in [-0.4, -0.2) is 53.9 Å². The molecule has 1 unspecified atom stereocenters. The van der Waals surface area contributed by atoms with Crippen LogP contribution in [0.2, 0.25) is 0 Å². The van der Waals surface area contributed by atoms with E-state index in [2.05, 4.69) is 10.2 Å². The van der Waals surface area contributed by atoms with Crippen molar-refractivity contribution in [1.82, 2.24) is 15.1 Å². The fourth-order valence-electron chi connectivity index (χ4n) is 3.14. The Morgan fingerprint density at radius 2 is 2.00 bits per heavy atom. The van der Waals surface area contributed by atoms with Crippen molar-refractivity contribution in [3.63, 3.8) is 0 Å². The molecule has 1 atom stereocenters. The van der Waals surface area contributed by atoms with Gasteiger partial charge in [0.2, 0.25) is 11.8 Å². The van der Waals surface area contributed by atoms with Gasteiger partial charge in [-0.3, -0.25) is 4.79 Å². The molecule has 1 amide bonds. The van der Waals surface area contributed by atoms with Gasteiger partial charge in [-0.1, -0.05) is 12.1 Å². The van der Waals surface area contributed by atoms with Crippen LogP contribution in [0.15, 0.2) is 47.5 Å². The highest BCUT2D eigenvalue weighted by molar-refractivity contribution is 7.92. The van der Waals surface area contributed by atoms with Crippen LogP contribution in [-0.2, 0) is 21.1 Å². The number of ether oxygens (including phenoxy) is 1. The standard InChI is InChI=1S/C20H25N3O4S/c1-15(2)28(25,26)18-9-7-16(8-10-18)13-20(24)23-12-4-5-17(14-23)27-19-6-3-11-21-22-19/h3,6-11,15,17H,4-5,12-14H2,1-2H3. The molecule has 1 aromatic heterocycles. The molecule has 0 spiro atoms. The molecular weight excluding hydrogens is 378 g/mol. The van der Waals surface area contributed by atoms with Crippen LogP contribution in [0.4, 0.5) is 0 Å². The smallest absolute Gasteiger partial charge is 0.233 e. The summed E-state index contributed by atoms with van der Waals surface area (Å²) in [5, 5.41) is 7.25. The Morgan fingerprint density at radius 1 is 1.25 bits per heavy atom. The van der Waals surface area contributed by atoms with E-state index < -0.39 is 15.1 Å². The van der Waals surface area contributed by atoms with Crippen molar-refractivity contribution in [3.05, 3.63) is 48.2 Å². The predicted octanol–water partition coefficient (Wildman–Crippen LogP) is 2.27. The molecule has 0 N–H and O–H groups in total. The van der Waals surface area contributed by atoms with Crippen molar-refractivity contribution in [2.45, 2.75) is 49.4 Å². The van der Waals surface area contributed by atoms with E-state index in [-0.39, 0.29) is 23.3 Å². The maximum absolute atomic E-state index is 12.7. The molecule has 150 valence electrons. The van der Waals surface area contributed by atoms with Gasteiger partial charge in [0, 0.05) is 18.8 Å². The first-order valence-electron chi connectivity index (χ1n) is 9.41. The van der Waals surface area contributed by atoms with Crippen LogP contribution < -0.4 is 4.74 Å². The summed E-state index contributed by atoms with van der Waals surface area (Å²) in [4.78, 5) is 14.8. The summed E-state index contributed by atoms with van der Waals surface area (Å²) in [6.07, 6.45) is 3.44. The van der Waals surface area contributed by atoms with Crippen LogP contribution in [0.5, 0.6) is 5.88 Å². The van der Waals surface area contributed by atoms with Gasteiger partial charge in [-0.25, -0.2) is 8.42 Å². The molecule has 0 aliphatic carbocycles. The molecule has 7 nitrogen and oxygen atoms in total. The lowest BCUT2D eigenvalue weighted by Gasteiger charge is -2.32. The van der Waals surface area contributed by atoms with Crippen LogP contribution in [0.1, 0.15) is 32.3 Å². The lowest BCUT2D eigenvalue weighted by atomic mass is 10.1. The minimum Gasteiger partial charge on any atom is -0.471 e. The number of benzene rings is 1. The van der Waals surface area contributed by atoms with Gasteiger partial charge in [0.1, 0.15) is 6.10 Å². The molecule has 2 aromatic rings. The maximum atomic E-state index is 12.7. The maximum Gasteiger partial charge on any atom is 0.233 e. The van der Waals surface area contributed by atoms with E-state index in [0.29, 0.717) is 19.0 Å². The molecular formula is C20H25N3O4S. The number of carbonyl (C=O) groups is 1. The zero-order valence-corrected chi connectivity index (χ0v) is 16.9. The van der Waals surface area contributed by atoms with Crippen LogP contribution >= 0.6 is 0 Å². The first-order chi connectivity index (χ1) is 13.4. The molecule has 1 aliphatic heterocycles. The number of sulfone groups is 1. The number of amides is 1. The Kier molecular flexibility index (Phi) is 6.28. The van der Waals surface area contributed by atoms with Gasteiger partial charge in [-0.2, -0.15) is 5.10 Å². The Hall–Kier alpha value is -2.48. The van der Waals surface area contributed by atoms with Crippen LogP contribution in [0.25, 0.3) is 0 Å². The quantitative estimate of drug-likeness (QED) is 0.735. The summed E-state index contributed by atoms with van der Waals surface area (Å²) in [7, 11) is -3.30. The van der Waals surface area contributed by atoms with E-state index in [9.17, 15) is 13.2 Å². The molecule has 28 heavy (non-hydrogen) atoms. The number of hydrogen-bond donors (Lipinski definition) is 0. The predicted molar refractivity (Wildman–Crippen MR) is 105 cm³/mol. The lowest BCUT2D eigenvalue weighted by molar-refractivity contribution is -0.133. The molecule has 0 bridgehead atoms. The zero-order valence-electron chi connectivity index (χ0n) is 16.1. The molecule has 1 aliphatic rings. The normalized spacial score (nSPS) is 17.5. The van der Waals surface area contributed by atoms with Gasteiger partial charge < -0.3 is 9.64 Å². The summed E-state index contributed by atoms with van der Waals surface area (Å²) >= 11 is 0. The third kappa shape index (κ3) is 4.86. The SMILES string of the molecule is CC(C)S(=O)(=O)c1ccc(CC(=O)N2CCCC(Oc3cccnn3)C2)cc1. The van der Waals surface area contributed by atoms with Gasteiger partial charge in [0.25, 0.3) is 0 Å².